The van der Waals surface area contributed by atoms with Gasteiger partial charge >= 0.3 is 0 Å². The van der Waals surface area contributed by atoms with Crippen LogP contribution in [0, 0.1) is 11.3 Å². The average molecular weight is 196 g/mol. The molecule has 2 heteroatoms. The van der Waals surface area contributed by atoms with Gasteiger partial charge in [-0.15, -0.1) is 0 Å². The lowest BCUT2D eigenvalue weighted by atomic mass is 9.69. The molecule has 2 aliphatic heterocycles. The summed E-state index contributed by atoms with van der Waals surface area (Å²) < 4.78 is 0. The Balaban J connectivity index is 2.15. The van der Waals surface area contributed by atoms with Crippen molar-refractivity contribution < 1.29 is 0 Å². The van der Waals surface area contributed by atoms with Gasteiger partial charge < -0.3 is 10.2 Å². The van der Waals surface area contributed by atoms with E-state index in [2.05, 4.69) is 31.1 Å². The van der Waals surface area contributed by atoms with Gasteiger partial charge in [0.2, 0.25) is 0 Å². The van der Waals surface area contributed by atoms with Gasteiger partial charge in [0, 0.05) is 6.04 Å². The molecule has 2 fully saturated rings. The molecule has 2 aliphatic rings. The molecule has 0 aliphatic carbocycles. The number of likely N-dealkylation sites (tertiary alicyclic amines) is 1. The van der Waals surface area contributed by atoms with Crippen LogP contribution in [0.25, 0.3) is 0 Å². The summed E-state index contributed by atoms with van der Waals surface area (Å²) in [5.74, 6) is 0.806. The van der Waals surface area contributed by atoms with Gasteiger partial charge in [0.05, 0.1) is 0 Å². The fraction of sp³-hybridized carbons (Fsp3) is 1.00. The Hall–Kier alpha value is -0.0800. The molecular weight excluding hydrogens is 172 g/mol. The van der Waals surface area contributed by atoms with Crippen LogP contribution < -0.4 is 5.32 Å². The SMILES string of the molecule is CC(C)C1N(C)CCC12CCNCC2. The van der Waals surface area contributed by atoms with Crippen molar-refractivity contribution in [3.63, 3.8) is 0 Å². The summed E-state index contributed by atoms with van der Waals surface area (Å²) in [6.07, 6.45) is 4.20. The third-order valence-corrected chi connectivity index (χ3v) is 4.30. The van der Waals surface area contributed by atoms with Crippen LogP contribution in [0.2, 0.25) is 0 Å². The number of nitrogens with one attached hydrogen (secondary N) is 1. The van der Waals surface area contributed by atoms with Gasteiger partial charge in [-0.1, -0.05) is 13.8 Å². The number of hydrogen-bond donors (Lipinski definition) is 1. The van der Waals surface area contributed by atoms with Crippen molar-refractivity contribution in [2.45, 2.75) is 39.2 Å². The Morgan fingerprint density at radius 1 is 1.21 bits per heavy atom. The minimum absolute atomic E-state index is 0.647. The molecule has 2 heterocycles. The van der Waals surface area contributed by atoms with Crippen LogP contribution >= 0.6 is 0 Å². The Morgan fingerprint density at radius 2 is 1.86 bits per heavy atom. The third-order valence-electron chi connectivity index (χ3n) is 4.30. The van der Waals surface area contributed by atoms with E-state index in [4.69, 9.17) is 0 Å². The third kappa shape index (κ3) is 1.59. The zero-order valence-electron chi connectivity index (χ0n) is 9.84. The predicted molar refractivity (Wildman–Crippen MR) is 60.4 cm³/mol. The van der Waals surface area contributed by atoms with Gasteiger partial charge in [-0.25, -0.2) is 0 Å². The van der Waals surface area contributed by atoms with E-state index in [1.807, 2.05) is 0 Å². The second kappa shape index (κ2) is 3.82. The van der Waals surface area contributed by atoms with E-state index >= 15 is 0 Å². The van der Waals surface area contributed by atoms with Crippen molar-refractivity contribution in [2.24, 2.45) is 11.3 Å². The summed E-state index contributed by atoms with van der Waals surface area (Å²) in [6, 6.07) is 0.824. The van der Waals surface area contributed by atoms with Crippen LogP contribution in [-0.2, 0) is 0 Å². The lowest BCUT2D eigenvalue weighted by molar-refractivity contribution is 0.0938. The Kier molecular flexibility index (Phi) is 2.85. The quantitative estimate of drug-likeness (QED) is 0.687. The molecule has 1 unspecified atom stereocenters. The highest BCUT2D eigenvalue weighted by Crippen LogP contribution is 2.46. The summed E-state index contributed by atoms with van der Waals surface area (Å²) in [5.41, 5.74) is 0.647. The van der Waals surface area contributed by atoms with E-state index in [1.165, 1.54) is 38.9 Å². The summed E-state index contributed by atoms with van der Waals surface area (Å²) in [7, 11) is 2.31. The van der Waals surface area contributed by atoms with Crippen molar-refractivity contribution in [1.82, 2.24) is 10.2 Å². The number of hydrogen-bond acceptors (Lipinski definition) is 2. The molecule has 0 radical (unpaired) electrons. The van der Waals surface area contributed by atoms with Gasteiger partial charge in [0.15, 0.2) is 0 Å². The lowest BCUT2D eigenvalue weighted by Crippen LogP contribution is -2.47. The van der Waals surface area contributed by atoms with Gasteiger partial charge in [0.1, 0.15) is 0 Å². The summed E-state index contributed by atoms with van der Waals surface area (Å²) >= 11 is 0. The van der Waals surface area contributed by atoms with Crippen LogP contribution in [-0.4, -0.2) is 37.6 Å². The van der Waals surface area contributed by atoms with E-state index < -0.39 is 0 Å². The zero-order valence-corrected chi connectivity index (χ0v) is 9.84. The molecule has 0 amide bonds. The fourth-order valence-corrected chi connectivity index (χ4v) is 3.84. The normalized spacial score (nSPS) is 33.0. The highest BCUT2D eigenvalue weighted by molar-refractivity contribution is 5.01. The van der Waals surface area contributed by atoms with Crippen molar-refractivity contribution in [2.75, 3.05) is 26.7 Å². The second-order valence-electron chi connectivity index (χ2n) is 5.53. The van der Waals surface area contributed by atoms with Gasteiger partial charge in [-0.2, -0.15) is 0 Å². The smallest absolute Gasteiger partial charge is 0.0173 e. The Morgan fingerprint density at radius 3 is 2.43 bits per heavy atom. The molecule has 0 aromatic carbocycles. The minimum atomic E-state index is 0.647. The molecule has 0 aromatic rings. The van der Waals surface area contributed by atoms with Crippen molar-refractivity contribution in [1.29, 1.82) is 0 Å². The van der Waals surface area contributed by atoms with Gasteiger partial charge in [-0.3, -0.25) is 0 Å². The first-order valence-corrected chi connectivity index (χ1v) is 6.07. The number of rotatable bonds is 1. The van der Waals surface area contributed by atoms with Crippen molar-refractivity contribution >= 4 is 0 Å². The molecule has 2 rings (SSSR count). The Bertz CT molecular complexity index is 189. The van der Waals surface area contributed by atoms with E-state index in [9.17, 15) is 0 Å². The first-order valence-electron chi connectivity index (χ1n) is 6.07. The minimum Gasteiger partial charge on any atom is -0.317 e. The van der Waals surface area contributed by atoms with E-state index in [0.717, 1.165) is 12.0 Å². The number of piperidine rings is 1. The van der Waals surface area contributed by atoms with Gasteiger partial charge in [0.25, 0.3) is 0 Å². The largest absolute Gasteiger partial charge is 0.317 e. The molecule has 0 bridgehead atoms. The summed E-state index contributed by atoms with van der Waals surface area (Å²) in [4.78, 5) is 2.59. The average Bonchev–Trinajstić information content (AvgIpc) is 2.45. The fourth-order valence-electron chi connectivity index (χ4n) is 3.84. The highest BCUT2D eigenvalue weighted by atomic mass is 15.2. The van der Waals surface area contributed by atoms with Gasteiger partial charge in [-0.05, 0) is 57.3 Å². The molecule has 0 aromatic heterocycles. The molecule has 14 heavy (non-hydrogen) atoms. The summed E-state index contributed by atoms with van der Waals surface area (Å²) in [5, 5.41) is 3.49. The van der Waals surface area contributed by atoms with E-state index in [0.29, 0.717) is 5.41 Å². The molecule has 1 atom stereocenters. The van der Waals surface area contributed by atoms with Crippen LogP contribution in [0.15, 0.2) is 0 Å². The van der Waals surface area contributed by atoms with Crippen molar-refractivity contribution in [3.05, 3.63) is 0 Å². The lowest BCUT2D eigenvalue weighted by Gasteiger charge is -2.42. The first-order chi connectivity index (χ1) is 6.66. The monoisotopic (exact) mass is 196 g/mol. The first kappa shape index (κ1) is 10.4. The number of nitrogens with zero attached hydrogens (tertiary/aromatic N) is 1. The zero-order chi connectivity index (χ0) is 10.2. The maximum atomic E-state index is 3.49. The van der Waals surface area contributed by atoms with Crippen LogP contribution in [0.4, 0.5) is 0 Å². The van der Waals surface area contributed by atoms with E-state index in [1.54, 1.807) is 0 Å². The summed E-state index contributed by atoms with van der Waals surface area (Å²) in [6.45, 7) is 8.55. The maximum Gasteiger partial charge on any atom is 0.0173 e. The van der Waals surface area contributed by atoms with Crippen LogP contribution in [0.5, 0.6) is 0 Å². The molecule has 1 spiro atoms. The van der Waals surface area contributed by atoms with E-state index in [-0.39, 0.29) is 0 Å². The van der Waals surface area contributed by atoms with Crippen LogP contribution in [0.1, 0.15) is 33.1 Å². The predicted octanol–water partition coefficient (Wildman–Crippen LogP) is 1.72. The second-order valence-corrected chi connectivity index (χ2v) is 5.53. The van der Waals surface area contributed by atoms with Crippen molar-refractivity contribution in [3.8, 4) is 0 Å². The molecule has 82 valence electrons. The molecule has 1 N–H and O–H groups in total. The molecule has 0 saturated carbocycles. The molecule has 2 nitrogen and oxygen atoms in total. The topological polar surface area (TPSA) is 15.3 Å². The molecule has 2 saturated heterocycles. The Labute approximate surface area is 88.1 Å². The maximum absolute atomic E-state index is 3.49. The highest BCUT2D eigenvalue weighted by Gasteiger charge is 2.47. The van der Waals surface area contributed by atoms with Crippen LogP contribution in [0.3, 0.4) is 0 Å². The standard InChI is InChI=1S/C12H24N2/c1-10(2)11-12(6-9-14(11)3)4-7-13-8-5-12/h10-11,13H,4-9H2,1-3H3. The molecular formula is C12H24N2.